The fourth-order valence-corrected chi connectivity index (χ4v) is 2.94. The third-order valence-corrected chi connectivity index (χ3v) is 4.24. The van der Waals surface area contributed by atoms with Crippen LogP contribution in [0.15, 0.2) is 48.8 Å². The number of aromatic amines is 1. The van der Waals surface area contributed by atoms with Crippen molar-refractivity contribution in [2.45, 2.75) is 45.8 Å². The summed E-state index contributed by atoms with van der Waals surface area (Å²) in [5.74, 6) is -0.0315. The molecule has 0 radical (unpaired) electrons. The topological polar surface area (TPSA) is 96.1 Å². The van der Waals surface area contributed by atoms with Gasteiger partial charge in [-0.15, -0.1) is 0 Å². The van der Waals surface area contributed by atoms with Crippen molar-refractivity contribution in [2.24, 2.45) is 0 Å². The Labute approximate surface area is 169 Å². The summed E-state index contributed by atoms with van der Waals surface area (Å²) in [6.07, 6.45) is 3.99. The number of carbonyl (C=O) groups excluding carboxylic acids is 2. The van der Waals surface area contributed by atoms with E-state index in [0.29, 0.717) is 25.1 Å². The molecule has 0 saturated carbocycles. The van der Waals surface area contributed by atoms with Crippen molar-refractivity contribution in [1.29, 1.82) is 0 Å². The molecule has 0 spiro atoms. The number of amides is 2. The van der Waals surface area contributed by atoms with Crippen LogP contribution in [0.1, 0.15) is 38.3 Å². The van der Waals surface area contributed by atoms with Gasteiger partial charge in [0.2, 0.25) is 5.91 Å². The van der Waals surface area contributed by atoms with Crippen molar-refractivity contribution in [3.8, 4) is 0 Å². The van der Waals surface area contributed by atoms with Crippen LogP contribution in [0.3, 0.4) is 0 Å². The molecule has 0 aliphatic rings. The number of carbonyl (C=O) groups is 2. The maximum absolute atomic E-state index is 12.3. The van der Waals surface area contributed by atoms with Gasteiger partial charge < -0.3 is 15.0 Å². The summed E-state index contributed by atoms with van der Waals surface area (Å²) in [6, 6.07) is 11.3. The highest BCUT2D eigenvalue weighted by Crippen LogP contribution is 2.16. The fourth-order valence-electron chi connectivity index (χ4n) is 2.94. The molecule has 3 rings (SSSR count). The first kappa shape index (κ1) is 20.4. The smallest absolute Gasteiger partial charge is 0.412 e. The van der Waals surface area contributed by atoms with Crippen LogP contribution in [0.4, 0.5) is 10.5 Å². The van der Waals surface area contributed by atoms with Gasteiger partial charge in [0.25, 0.3) is 0 Å². The second kappa shape index (κ2) is 8.77. The number of anilines is 1. The minimum absolute atomic E-state index is 0.0315. The van der Waals surface area contributed by atoms with Gasteiger partial charge in [0.05, 0.1) is 0 Å². The lowest BCUT2D eigenvalue weighted by Gasteiger charge is -2.19. The zero-order valence-electron chi connectivity index (χ0n) is 16.9. The molecular formula is C22H26N4O3. The number of pyridine rings is 1. The lowest BCUT2D eigenvalue weighted by atomic mass is 10.1. The number of hydrogen-bond donors (Lipinski definition) is 3. The number of nitrogens with one attached hydrogen (secondary N) is 3. The maximum atomic E-state index is 12.3. The van der Waals surface area contributed by atoms with Gasteiger partial charge >= 0.3 is 6.09 Å². The number of rotatable bonds is 6. The zero-order chi connectivity index (χ0) is 20.9. The molecule has 0 atom stereocenters. The van der Waals surface area contributed by atoms with Gasteiger partial charge in [-0.25, -0.2) is 9.78 Å². The predicted octanol–water partition coefficient (Wildman–Crippen LogP) is 4.16. The molecule has 0 unspecified atom stereocenters. The van der Waals surface area contributed by atoms with Gasteiger partial charge in [-0.2, -0.15) is 0 Å². The Bertz CT molecular complexity index is 1000. The zero-order valence-corrected chi connectivity index (χ0v) is 16.9. The average Bonchev–Trinajstić information content (AvgIpc) is 3.12. The number of benzene rings is 1. The van der Waals surface area contributed by atoms with Crippen LogP contribution in [0.5, 0.6) is 0 Å². The van der Waals surface area contributed by atoms with Crippen molar-refractivity contribution < 1.29 is 14.3 Å². The summed E-state index contributed by atoms with van der Waals surface area (Å²) >= 11 is 0. The van der Waals surface area contributed by atoms with Crippen molar-refractivity contribution >= 4 is 28.7 Å². The molecule has 2 aromatic heterocycles. The van der Waals surface area contributed by atoms with E-state index in [2.05, 4.69) is 20.6 Å². The standard InChI is InChI=1S/C22H26N4O3/c1-22(2,3)29-21(28)26-17-6-4-5-15(13-17)7-8-19(27)25-14-16-9-11-23-20-18(16)10-12-24-20/h4-6,9-13H,7-8,14H2,1-3H3,(H,23,24)(H,25,27)(H,26,28). The van der Waals surface area contributed by atoms with Gasteiger partial charge in [-0.1, -0.05) is 12.1 Å². The van der Waals surface area contributed by atoms with Crippen molar-refractivity contribution in [3.63, 3.8) is 0 Å². The first-order chi connectivity index (χ1) is 13.8. The molecule has 0 aliphatic carbocycles. The number of aromatic nitrogens is 2. The van der Waals surface area contributed by atoms with Gasteiger partial charge in [-0.3, -0.25) is 10.1 Å². The highest BCUT2D eigenvalue weighted by molar-refractivity contribution is 5.85. The summed E-state index contributed by atoms with van der Waals surface area (Å²) in [6.45, 7) is 5.90. The number of hydrogen-bond acceptors (Lipinski definition) is 4. The first-order valence-electron chi connectivity index (χ1n) is 9.57. The van der Waals surface area contributed by atoms with Crippen molar-refractivity contribution in [2.75, 3.05) is 5.32 Å². The molecular weight excluding hydrogens is 368 g/mol. The largest absolute Gasteiger partial charge is 0.444 e. The lowest BCUT2D eigenvalue weighted by molar-refractivity contribution is -0.121. The summed E-state index contributed by atoms with van der Waals surface area (Å²) in [5.41, 5.74) is 2.88. The van der Waals surface area contributed by atoms with Gasteiger partial charge in [0.1, 0.15) is 11.2 Å². The van der Waals surface area contributed by atoms with Crippen LogP contribution >= 0.6 is 0 Å². The van der Waals surface area contributed by atoms with E-state index in [1.165, 1.54) is 0 Å². The van der Waals surface area contributed by atoms with E-state index in [4.69, 9.17) is 4.74 Å². The quantitative estimate of drug-likeness (QED) is 0.585. The average molecular weight is 394 g/mol. The molecule has 3 N–H and O–H groups in total. The van der Waals surface area contributed by atoms with E-state index in [1.54, 1.807) is 12.3 Å². The molecule has 152 valence electrons. The third-order valence-electron chi connectivity index (χ3n) is 4.24. The van der Waals surface area contributed by atoms with E-state index in [-0.39, 0.29) is 5.91 Å². The van der Waals surface area contributed by atoms with Crippen LogP contribution in [0.25, 0.3) is 11.0 Å². The van der Waals surface area contributed by atoms with Gasteiger partial charge in [0.15, 0.2) is 0 Å². The molecule has 2 amide bonds. The molecule has 0 bridgehead atoms. The Morgan fingerprint density at radius 2 is 2.00 bits per heavy atom. The first-order valence-corrected chi connectivity index (χ1v) is 9.57. The summed E-state index contributed by atoms with van der Waals surface area (Å²) < 4.78 is 5.26. The molecule has 0 fully saturated rings. The second-order valence-corrected chi connectivity index (χ2v) is 7.81. The number of H-pyrrole nitrogens is 1. The molecule has 0 aliphatic heterocycles. The number of fused-ring (bicyclic) bond motifs is 1. The van der Waals surface area contributed by atoms with E-state index in [1.807, 2.05) is 57.3 Å². The summed E-state index contributed by atoms with van der Waals surface area (Å²) in [5, 5.41) is 6.68. The number of nitrogens with zero attached hydrogens (tertiary/aromatic N) is 1. The van der Waals surface area contributed by atoms with Crippen molar-refractivity contribution in [1.82, 2.24) is 15.3 Å². The van der Waals surface area contributed by atoms with Gasteiger partial charge in [0, 0.05) is 36.4 Å². The Kier molecular flexibility index (Phi) is 6.16. The van der Waals surface area contributed by atoms with Crippen LogP contribution in [-0.2, 0) is 22.5 Å². The van der Waals surface area contributed by atoms with Crippen LogP contribution < -0.4 is 10.6 Å². The highest BCUT2D eigenvalue weighted by Gasteiger charge is 2.16. The Morgan fingerprint density at radius 1 is 1.17 bits per heavy atom. The number of aryl methyl sites for hydroxylation is 1. The molecule has 7 heteroatoms. The molecule has 0 saturated heterocycles. The minimum atomic E-state index is -0.555. The van der Waals surface area contributed by atoms with E-state index >= 15 is 0 Å². The fraction of sp³-hybridized carbons (Fsp3) is 0.318. The predicted molar refractivity (Wildman–Crippen MR) is 113 cm³/mol. The Balaban J connectivity index is 1.50. The SMILES string of the molecule is CC(C)(C)OC(=O)Nc1cccc(CCC(=O)NCc2ccnc3[nH]ccc23)c1. The Morgan fingerprint density at radius 3 is 2.79 bits per heavy atom. The molecule has 7 nitrogen and oxygen atoms in total. The van der Waals surface area contributed by atoms with Crippen LogP contribution in [0, 0.1) is 0 Å². The summed E-state index contributed by atoms with van der Waals surface area (Å²) in [7, 11) is 0. The summed E-state index contributed by atoms with van der Waals surface area (Å²) in [4.78, 5) is 31.5. The lowest BCUT2D eigenvalue weighted by Crippen LogP contribution is -2.27. The normalized spacial score (nSPS) is 11.3. The molecule has 29 heavy (non-hydrogen) atoms. The van der Waals surface area contributed by atoms with Crippen LogP contribution in [-0.4, -0.2) is 27.6 Å². The van der Waals surface area contributed by atoms with Crippen LogP contribution in [0.2, 0.25) is 0 Å². The van der Waals surface area contributed by atoms with Gasteiger partial charge in [-0.05, 0) is 62.6 Å². The second-order valence-electron chi connectivity index (χ2n) is 7.81. The monoisotopic (exact) mass is 394 g/mol. The molecule has 3 aromatic rings. The maximum Gasteiger partial charge on any atom is 0.412 e. The highest BCUT2D eigenvalue weighted by atomic mass is 16.6. The molecule has 1 aromatic carbocycles. The van der Waals surface area contributed by atoms with Crippen molar-refractivity contribution in [3.05, 3.63) is 59.9 Å². The number of ether oxygens (including phenoxy) is 1. The van der Waals surface area contributed by atoms with E-state index in [0.717, 1.165) is 22.2 Å². The third kappa shape index (κ3) is 6.07. The van der Waals surface area contributed by atoms with E-state index in [9.17, 15) is 9.59 Å². The Hall–Kier alpha value is -3.35. The minimum Gasteiger partial charge on any atom is -0.444 e. The molecule has 2 heterocycles. The van der Waals surface area contributed by atoms with E-state index < -0.39 is 11.7 Å².